The van der Waals surface area contributed by atoms with E-state index >= 15 is 0 Å². The Morgan fingerprint density at radius 1 is 1.55 bits per heavy atom. The summed E-state index contributed by atoms with van der Waals surface area (Å²) in [5, 5.41) is 2.50. The van der Waals surface area contributed by atoms with E-state index in [0.717, 1.165) is 6.42 Å². The molecule has 0 atom stereocenters. The Bertz CT molecular complexity index is 208. The van der Waals surface area contributed by atoms with Crippen LogP contribution in [-0.4, -0.2) is 17.8 Å². The molecule has 1 N–H and O–H groups in total. The molecule has 0 saturated heterocycles. The molecule has 1 amide bonds. The number of halogens is 1. The maximum absolute atomic E-state index is 11.1. The van der Waals surface area contributed by atoms with Crippen molar-refractivity contribution in [2.75, 3.05) is 7.05 Å². The van der Waals surface area contributed by atoms with Crippen molar-refractivity contribution >= 4 is 17.5 Å². The summed E-state index contributed by atoms with van der Waals surface area (Å²) in [6.45, 7) is 0. The van der Waals surface area contributed by atoms with Gasteiger partial charge < -0.3 is 5.32 Å². The zero-order valence-electron chi connectivity index (χ0n) is 6.30. The van der Waals surface area contributed by atoms with Crippen molar-refractivity contribution in [2.24, 2.45) is 0 Å². The highest BCUT2D eigenvalue weighted by atomic mass is 35.5. The molecular formula is C8H10ClNO. The molecule has 0 fully saturated rings. The number of hydrogen-bond acceptors (Lipinski definition) is 1. The zero-order valence-corrected chi connectivity index (χ0v) is 7.06. The minimum Gasteiger partial charge on any atom is -0.357 e. The van der Waals surface area contributed by atoms with Gasteiger partial charge in [-0.15, -0.1) is 0 Å². The molecule has 0 bridgehead atoms. The highest BCUT2D eigenvalue weighted by molar-refractivity contribution is 6.38. The molecule has 3 heteroatoms. The number of alkyl halides is 1. The Balaban J connectivity index is 2.80. The van der Waals surface area contributed by atoms with Crippen molar-refractivity contribution in [2.45, 2.75) is 11.3 Å². The second kappa shape index (κ2) is 3.09. The fourth-order valence-electron chi connectivity index (χ4n) is 0.956. The van der Waals surface area contributed by atoms with Gasteiger partial charge in [-0.1, -0.05) is 35.9 Å². The molecule has 0 aromatic heterocycles. The van der Waals surface area contributed by atoms with Crippen LogP contribution in [0.2, 0.25) is 0 Å². The molecule has 0 unspecified atom stereocenters. The van der Waals surface area contributed by atoms with E-state index in [2.05, 4.69) is 5.32 Å². The van der Waals surface area contributed by atoms with Gasteiger partial charge in [-0.3, -0.25) is 4.79 Å². The standard InChI is InChI=1S/C8H10ClNO/c1-10-7(11)8(9)5-3-2-4-6-8/h3-6H,2H2,1H3,(H,10,11). The Hall–Kier alpha value is -0.760. The maximum atomic E-state index is 11.1. The van der Waals surface area contributed by atoms with E-state index in [9.17, 15) is 4.79 Å². The van der Waals surface area contributed by atoms with Crippen LogP contribution in [-0.2, 0) is 4.79 Å². The normalized spacial score (nSPS) is 19.8. The lowest BCUT2D eigenvalue weighted by Crippen LogP contribution is -2.38. The molecule has 0 aliphatic heterocycles. The van der Waals surface area contributed by atoms with E-state index in [1.807, 2.05) is 12.2 Å². The molecule has 0 heterocycles. The number of nitrogens with one attached hydrogen (secondary N) is 1. The molecule has 1 rings (SSSR count). The SMILES string of the molecule is CNC(=O)C1(Cl)C=CCC=C1. The molecule has 1 aliphatic rings. The van der Waals surface area contributed by atoms with Crippen LogP contribution < -0.4 is 5.32 Å². The van der Waals surface area contributed by atoms with Crippen molar-refractivity contribution in [1.29, 1.82) is 0 Å². The number of rotatable bonds is 1. The second-order valence-electron chi connectivity index (χ2n) is 2.39. The molecule has 11 heavy (non-hydrogen) atoms. The monoisotopic (exact) mass is 171 g/mol. The lowest BCUT2D eigenvalue weighted by atomic mass is 10.0. The molecule has 2 nitrogen and oxygen atoms in total. The summed E-state index contributed by atoms with van der Waals surface area (Å²) in [6, 6.07) is 0. The average Bonchev–Trinajstić information content (AvgIpc) is 2.04. The second-order valence-corrected chi connectivity index (χ2v) is 3.01. The van der Waals surface area contributed by atoms with Gasteiger partial charge in [0.2, 0.25) is 5.91 Å². The first-order chi connectivity index (χ1) is 5.19. The summed E-state index contributed by atoms with van der Waals surface area (Å²) < 4.78 is 0. The van der Waals surface area contributed by atoms with Crippen molar-refractivity contribution < 1.29 is 4.79 Å². The van der Waals surface area contributed by atoms with E-state index in [4.69, 9.17) is 11.6 Å². The van der Waals surface area contributed by atoms with Gasteiger partial charge in [0.05, 0.1) is 0 Å². The topological polar surface area (TPSA) is 29.1 Å². The van der Waals surface area contributed by atoms with Crippen molar-refractivity contribution in [1.82, 2.24) is 5.32 Å². The zero-order chi connectivity index (χ0) is 8.32. The quantitative estimate of drug-likeness (QED) is 0.467. The van der Waals surface area contributed by atoms with Crippen LogP contribution in [0.15, 0.2) is 24.3 Å². The van der Waals surface area contributed by atoms with Crippen LogP contribution in [0.4, 0.5) is 0 Å². The largest absolute Gasteiger partial charge is 0.357 e. The van der Waals surface area contributed by atoms with Crippen molar-refractivity contribution in [3.63, 3.8) is 0 Å². The van der Waals surface area contributed by atoms with Crippen LogP contribution >= 0.6 is 11.6 Å². The molecule has 1 aliphatic carbocycles. The maximum Gasteiger partial charge on any atom is 0.248 e. The molecule has 60 valence electrons. The third-order valence-corrected chi connectivity index (χ3v) is 1.99. The lowest BCUT2D eigenvalue weighted by molar-refractivity contribution is -0.121. The van der Waals surface area contributed by atoms with Crippen LogP contribution in [0.25, 0.3) is 0 Å². The van der Waals surface area contributed by atoms with Crippen LogP contribution in [0.1, 0.15) is 6.42 Å². The minimum absolute atomic E-state index is 0.189. The first kappa shape index (κ1) is 8.34. The van der Waals surface area contributed by atoms with Gasteiger partial charge >= 0.3 is 0 Å². The summed E-state index contributed by atoms with van der Waals surface area (Å²) in [6.07, 6.45) is 8.01. The minimum atomic E-state index is -0.951. The molecule has 0 aromatic carbocycles. The van der Waals surface area contributed by atoms with Gasteiger partial charge in [-0.05, 0) is 6.42 Å². The van der Waals surface area contributed by atoms with Crippen molar-refractivity contribution in [3.8, 4) is 0 Å². The van der Waals surface area contributed by atoms with E-state index in [-0.39, 0.29) is 5.91 Å². The fraction of sp³-hybridized carbons (Fsp3) is 0.375. The summed E-state index contributed by atoms with van der Waals surface area (Å²) in [5.41, 5.74) is 0. The van der Waals surface area contributed by atoms with Crippen molar-refractivity contribution in [3.05, 3.63) is 24.3 Å². The third kappa shape index (κ3) is 1.63. The van der Waals surface area contributed by atoms with Crippen LogP contribution in [0.3, 0.4) is 0 Å². The van der Waals surface area contributed by atoms with Gasteiger partial charge in [0.1, 0.15) is 0 Å². The third-order valence-electron chi connectivity index (χ3n) is 1.57. The van der Waals surface area contributed by atoms with E-state index < -0.39 is 4.87 Å². The predicted octanol–water partition coefficient (Wildman–Crippen LogP) is 1.23. The van der Waals surface area contributed by atoms with Crippen LogP contribution in [0.5, 0.6) is 0 Å². The molecule has 0 spiro atoms. The first-order valence-electron chi connectivity index (χ1n) is 3.45. The number of hydrogen-bond donors (Lipinski definition) is 1. The number of allylic oxidation sites excluding steroid dienone is 2. The Morgan fingerprint density at radius 3 is 2.55 bits per heavy atom. The highest BCUT2D eigenvalue weighted by Crippen LogP contribution is 2.22. The Morgan fingerprint density at radius 2 is 2.09 bits per heavy atom. The van der Waals surface area contributed by atoms with Crippen LogP contribution in [0, 0.1) is 0 Å². The summed E-state index contributed by atoms with van der Waals surface area (Å²) in [7, 11) is 1.57. The first-order valence-corrected chi connectivity index (χ1v) is 3.83. The highest BCUT2D eigenvalue weighted by Gasteiger charge is 2.29. The van der Waals surface area contributed by atoms with Gasteiger partial charge in [0.15, 0.2) is 4.87 Å². The molecule has 0 radical (unpaired) electrons. The summed E-state index contributed by atoms with van der Waals surface area (Å²) >= 11 is 5.94. The molecule has 0 aromatic rings. The van der Waals surface area contributed by atoms with Gasteiger partial charge in [-0.25, -0.2) is 0 Å². The summed E-state index contributed by atoms with van der Waals surface area (Å²) in [5.74, 6) is -0.189. The van der Waals surface area contributed by atoms with E-state index in [1.165, 1.54) is 0 Å². The summed E-state index contributed by atoms with van der Waals surface area (Å²) in [4.78, 5) is 10.2. The van der Waals surface area contributed by atoms with E-state index in [1.54, 1.807) is 19.2 Å². The number of amides is 1. The predicted molar refractivity (Wildman–Crippen MR) is 45.5 cm³/mol. The Labute approximate surface area is 70.9 Å². The van der Waals surface area contributed by atoms with E-state index in [0.29, 0.717) is 0 Å². The average molecular weight is 172 g/mol. The number of carbonyl (C=O) groups excluding carboxylic acids is 1. The smallest absolute Gasteiger partial charge is 0.248 e. The van der Waals surface area contributed by atoms with Gasteiger partial charge in [-0.2, -0.15) is 0 Å². The lowest BCUT2D eigenvalue weighted by Gasteiger charge is -2.18. The Kier molecular flexibility index (Phi) is 2.35. The number of carbonyl (C=O) groups is 1. The van der Waals surface area contributed by atoms with Gasteiger partial charge in [0, 0.05) is 7.05 Å². The molecule has 0 saturated carbocycles. The fourth-order valence-corrected chi connectivity index (χ4v) is 1.23. The molecular weight excluding hydrogens is 162 g/mol. The van der Waals surface area contributed by atoms with Gasteiger partial charge in [0.25, 0.3) is 0 Å².